The highest BCUT2D eigenvalue weighted by atomic mass is 32.1. The molecule has 3 amide bonds. The maximum atomic E-state index is 13.7. The number of anilines is 1. The molecule has 0 radical (unpaired) electrons. The van der Waals surface area contributed by atoms with Gasteiger partial charge in [-0.25, -0.2) is 19.7 Å². The fourth-order valence-corrected chi connectivity index (χ4v) is 7.83. The molecule has 4 aliphatic rings. The predicted octanol–water partition coefficient (Wildman–Crippen LogP) is 4.25. The third-order valence-corrected chi connectivity index (χ3v) is 11.1. The molecule has 3 fully saturated rings. The molecule has 226 valence electrons. The first kappa shape index (κ1) is 28.5. The summed E-state index contributed by atoms with van der Waals surface area (Å²) >= 11 is 1.39. The molecule has 10 nitrogen and oxygen atoms in total. The number of ketones is 1. The summed E-state index contributed by atoms with van der Waals surface area (Å²) in [6.07, 6.45) is 9.95. The third kappa shape index (κ3) is 5.94. The Bertz CT molecular complexity index is 1560. The van der Waals surface area contributed by atoms with Crippen molar-refractivity contribution >= 4 is 45.2 Å². The summed E-state index contributed by atoms with van der Waals surface area (Å²) in [6, 6.07) is 5.34. The van der Waals surface area contributed by atoms with Crippen molar-refractivity contribution in [1.29, 1.82) is 0 Å². The zero-order chi connectivity index (χ0) is 29.7. The number of aromatic nitrogens is 3. The number of fused-ring (bicyclic) bond motifs is 2. The van der Waals surface area contributed by atoms with Gasteiger partial charge in [-0.1, -0.05) is 24.3 Å². The highest BCUT2D eigenvalue weighted by Crippen LogP contribution is 2.55. The smallest absolute Gasteiger partial charge is 0.330 e. The van der Waals surface area contributed by atoms with Gasteiger partial charge in [0.2, 0.25) is 5.91 Å². The van der Waals surface area contributed by atoms with Crippen LogP contribution in [0, 0.1) is 11.3 Å². The van der Waals surface area contributed by atoms with Crippen molar-refractivity contribution in [3.63, 3.8) is 0 Å². The number of urea groups is 1. The van der Waals surface area contributed by atoms with Crippen molar-refractivity contribution in [2.24, 2.45) is 11.3 Å². The molecule has 3 aromatic heterocycles. The number of amides is 3. The van der Waals surface area contributed by atoms with Crippen LogP contribution in [0.2, 0.25) is 0 Å². The molecule has 2 aliphatic carbocycles. The number of nitrogens with one attached hydrogen (secondary N) is 1. The molecule has 0 spiro atoms. The van der Waals surface area contributed by atoms with E-state index in [0.29, 0.717) is 28.6 Å². The third-order valence-electron chi connectivity index (χ3n) is 10.1. The van der Waals surface area contributed by atoms with E-state index < -0.39 is 6.03 Å². The molecule has 1 saturated carbocycles. The topological polar surface area (TPSA) is 129 Å². The molecule has 3 aromatic rings. The molecule has 0 bridgehead atoms. The molecule has 11 heteroatoms. The summed E-state index contributed by atoms with van der Waals surface area (Å²) in [5.41, 5.74) is 4.69. The van der Waals surface area contributed by atoms with Gasteiger partial charge in [-0.15, -0.1) is 0 Å². The second kappa shape index (κ2) is 11.3. The van der Waals surface area contributed by atoms with Crippen molar-refractivity contribution in [2.45, 2.75) is 76.7 Å². The number of hydrogen-bond acceptors (Lipinski definition) is 9. The van der Waals surface area contributed by atoms with E-state index in [-0.39, 0.29) is 30.3 Å². The molecule has 2 atom stereocenters. The number of nitrogens with zero attached hydrogens (tertiary/aromatic N) is 5. The number of aryl methyl sites for hydroxylation is 1. The number of aliphatic hydroxyl groups is 1. The Morgan fingerprint density at radius 3 is 2.70 bits per heavy atom. The fraction of sp³-hybridized carbons (Fsp3) is 0.562. The SMILES string of the molecule is CC1([C@H]2CCc3nc4sc(C(=O)C[C@H](CCN5CCC(O)CC5)c5ccc(N6CC(=O)NC6=O)nc5)nc4cc3C2)CC1. The van der Waals surface area contributed by atoms with Crippen LogP contribution < -0.4 is 10.2 Å². The van der Waals surface area contributed by atoms with Gasteiger partial charge < -0.3 is 10.0 Å². The van der Waals surface area contributed by atoms with Gasteiger partial charge in [0.25, 0.3) is 0 Å². The summed E-state index contributed by atoms with van der Waals surface area (Å²) in [7, 11) is 0. The predicted molar refractivity (Wildman–Crippen MR) is 163 cm³/mol. The van der Waals surface area contributed by atoms with Gasteiger partial charge in [-0.3, -0.25) is 19.8 Å². The number of hydrogen-bond donors (Lipinski definition) is 2. The van der Waals surface area contributed by atoms with E-state index in [2.05, 4.69) is 28.2 Å². The van der Waals surface area contributed by atoms with E-state index in [4.69, 9.17) is 9.97 Å². The molecule has 2 saturated heterocycles. The van der Waals surface area contributed by atoms with Crippen LogP contribution in [0.25, 0.3) is 10.3 Å². The van der Waals surface area contributed by atoms with Gasteiger partial charge in [0, 0.05) is 31.4 Å². The Hall–Kier alpha value is -3.28. The van der Waals surface area contributed by atoms with E-state index in [1.807, 2.05) is 6.07 Å². The Morgan fingerprint density at radius 2 is 2.00 bits per heavy atom. The Morgan fingerprint density at radius 1 is 1.19 bits per heavy atom. The number of thiazole rings is 1. The Balaban J connectivity index is 1.09. The van der Waals surface area contributed by atoms with Crippen molar-refractivity contribution in [3.8, 4) is 0 Å². The molecule has 0 aromatic carbocycles. The Labute approximate surface area is 254 Å². The minimum atomic E-state index is -0.479. The lowest BCUT2D eigenvalue weighted by molar-refractivity contribution is -0.117. The fourth-order valence-electron chi connectivity index (χ4n) is 6.94. The number of carbonyl (C=O) groups excluding carboxylic acids is 3. The van der Waals surface area contributed by atoms with E-state index >= 15 is 0 Å². The maximum Gasteiger partial charge on any atom is 0.330 e. The van der Waals surface area contributed by atoms with Crippen molar-refractivity contribution in [1.82, 2.24) is 25.2 Å². The zero-order valence-corrected chi connectivity index (χ0v) is 25.4. The van der Waals surface area contributed by atoms with E-state index in [0.717, 1.165) is 67.6 Å². The molecule has 2 N–H and O–H groups in total. The minimum absolute atomic E-state index is 0.00278. The number of likely N-dealkylation sites (tertiary alicyclic amines) is 1. The van der Waals surface area contributed by atoms with Crippen LogP contribution in [-0.2, 0) is 17.6 Å². The lowest BCUT2D eigenvalue weighted by atomic mass is 9.77. The molecule has 5 heterocycles. The molecular formula is C32H38N6O4S. The summed E-state index contributed by atoms with van der Waals surface area (Å²) < 4.78 is 0. The van der Waals surface area contributed by atoms with Crippen molar-refractivity contribution in [3.05, 3.63) is 46.2 Å². The minimum Gasteiger partial charge on any atom is -0.393 e. The summed E-state index contributed by atoms with van der Waals surface area (Å²) in [4.78, 5) is 56.2. The average molecular weight is 603 g/mol. The summed E-state index contributed by atoms with van der Waals surface area (Å²) in [5.74, 6) is 0.666. The number of Topliss-reactive ketones (excluding diaryl/α,β-unsaturated/α-hetero) is 1. The van der Waals surface area contributed by atoms with Gasteiger partial charge in [0.05, 0.1) is 6.10 Å². The van der Waals surface area contributed by atoms with E-state index in [1.54, 1.807) is 12.3 Å². The largest absolute Gasteiger partial charge is 0.393 e. The second-order valence-electron chi connectivity index (χ2n) is 13.1. The maximum absolute atomic E-state index is 13.7. The van der Waals surface area contributed by atoms with Gasteiger partial charge in [0.15, 0.2) is 10.8 Å². The van der Waals surface area contributed by atoms with Crippen LogP contribution in [0.15, 0.2) is 24.4 Å². The van der Waals surface area contributed by atoms with E-state index in [9.17, 15) is 19.5 Å². The molecule has 0 unspecified atom stereocenters. The Kier molecular flexibility index (Phi) is 7.51. The number of imide groups is 1. The monoisotopic (exact) mass is 602 g/mol. The molecule has 2 aliphatic heterocycles. The quantitative estimate of drug-likeness (QED) is 0.275. The number of rotatable bonds is 9. The van der Waals surface area contributed by atoms with Crippen molar-refractivity contribution in [2.75, 3.05) is 31.1 Å². The number of aliphatic hydroxyl groups excluding tert-OH is 1. The highest BCUT2D eigenvalue weighted by Gasteiger charge is 2.45. The van der Waals surface area contributed by atoms with Crippen LogP contribution >= 0.6 is 11.3 Å². The zero-order valence-electron chi connectivity index (χ0n) is 24.6. The van der Waals surface area contributed by atoms with Crippen LogP contribution in [0.3, 0.4) is 0 Å². The summed E-state index contributed by atoms with van der Waals surface area (Å²) in [6.45, 7) is 4.84. The van der Waals surface area contributed by atoms with Crippen LogP contribution in [0.1, 0.15) is 84.4 Å². The first-order valence-electron chi connectivity index (χ1n) is 15.5. The number of piperidine rings is 1. The number of carbonyl (C=O) groups is 3. The van der Waals surface area contributed by atoms with Gasteiger partial charge in [-0.2, -0.15) is 0 Å². The van der Waals surface area contributed by atoms with Gasteiger partial charge >= 0.3 is 6.03 Å². The molecular weight excluding hydrogens is 564 g/mol. The summed E-state index contributed by atoms with van der Waals surface area (Å²) in [5, 5.41) is 12.7. The van der Waals surface area contributed by atoms with E-state index in [1.165, 1.54) is 46.8 Å². The highest BCUT2D eigenvalue weighted by molar-refractivity contribution is 7.19. The van der Waals surface area contributed by atoms with Crippen LogP contribution in [0.5, 0.6) is 0 Å². The second-order valence-corrected chi connectivity index (χ2v) is 14.1. The number of pyridine rings is 2. The normalized spacial score (nSPS) is 22.9. The lowest BCUT2D eigenvalue weighted by Crippen LogP contribution is -2.37. The van der Waals surface area contributed by atoms with Crippen LogP contribution in [0.4, 0.5) is 10.6 Å². The van der Waals surface area contributed by atoms with Crippen LogP contribution in [-0.4, -0.2) is 75.0 Å². The van der Waals surface area contributed by atoms with Gasteiger partial charge in [0.1, 0.15) is 22.7 Å². The first-order chi connectivity index (χ1) is 20.7. The molecule has 7 rings (SSSR count). The van der Waals surface area contributed by atoms with Crippen molar-refractivity contribution < 1.29 is 19.5 Å². The lowest BCUT2D eigenvalue weighted by Gasteiger charge is -2.30. The average Bonchev–Trinajstić information content (AvgIpc) is 3.47. The first-order valence-corrected chi connectivity index (χ1v) is 16.4. The standard InChI is InChI=1S/C32H38N6O4S/c1-32(9-10-32)22-3-4-24-21(14-22)15-25-29(34-24)43-30(35-25)26(40)16-19(6-11-37-12-7-23(39)8-13-37)20-2-5-27(33-17-20)38-18-28(41)36-31(38)42/h2,5,15,17,19,22-23,39H,3-4,6-14,16,18H2,1H3,(H,36,41,42)/t19-,22-/m0/s1. The van der Waals surface area contributed by atoms with Gasteiger partial charge in [-0.05, 0) is 98.4 Å². The molecule has 43 heavy (non-hydrogen) atoms.